The van der Waals surface area contributed by atoms with E-state index in [0.29, 0.717) is 24.7 Å². The van der Waals surface area contributed by atoms with E-state index in [-0.39, 0.29) is 5.91 Å². The molecule has 1 atom stereocenters. The van der Waals surface area contributed by atoms with Crippen LogP contribution in [0, 0.1) is 0 Å². The number of aliphatic imine (C=N–C) groups is 1. The van der Waals surface area contributed by atoms with E-state index in [0.717, 1.165) is 37.6 Å². The largest absolute Gasteiger partial charge is 0.354 e. The number of amides is 1. The summed E-state index contributed by atoms with van der Waals surface area (Å²) < 4.78 is 0. The monoisotopic (exact) mass is 375 g/mol. The average Bonchev–Trinajstić information content (AvgIpc) is 2.68. The van der Waals surface area contributed by atoms with Gasteiger partial charge in [-0.3, -0.25) is 9.79 Å². The van der Waals surface area contributed by atoms with Gasteiger partial charge in [-0.15, -0.1) is 0 Å². The SMILES string of the molecule is CCNC(=O)c1cccc(CNC(=NC)NC(C)CCCN(CC)CC)c1. The summed E-state index contributed by atoms with van der Waals surface area (Å²) in [5.41, 5.74) is 1.74. The third-order valence-electron chi connectivity index (χ3n) is 4.60. The zero-order valence-corrected chi connectivity index (χ0v) is 17.6. The summed E-state index contributed by atoms with van der Waals surface area (Å²) in [5.74, 6) is 0.748. The molecule has 0 aromatic heterocycles. The maximum absolute atomic E-state index is 12.0. The summed E-state index contributed by atoms with van der Waals surface area (Å²) in [4.78, 5) is 18.7. The topological polar surface area (TPSA) is 68.8 Å². The first-order valence-electron chi connectivity index (χ1n) is 10.1. The quantitative estimate of drug-likeness (QED) is 0.411. The molecule has 6 heteroatoms. The minimum atomic E-state index is -0.0383. The zero-order valence-electron chi connectivity index (χ0n) is 17.6. The number of nitrogens with one attached hydrogen (secondary N) is 3. The Morgan fingerprint density at radius 1 is 1.19 bits per heavy atom. The number of nitrogens with zero attached hydrogens (tertiary/aromatic N) is 2. The highest BCUT2D eigenvalue weighted by Gasteiger charge is 2.08. The zero-order chi connectivity index (χ0) is 20.1. The number of hydrogen-bond acceptors (Lipinski definition) is 3. The molecule has 0 aliphatic rings. The normalized spacial score (nSPS) is 12.7. The van der Waals surface area contributed by atoms with Gasteiger partial charge in [0.05, 0.1) is 0 Å². The molecule has 0 heterocycles. The fourth-order valence-corrected chi connectivity index (χ4v) is 2.93. The van der Waals surface area contributed by atoms with Crippen LogP contribution in [-0.4, -0.2) is 56.0 Å². The van der Waals surface area contributed by atoms with Crippen molar-refractivity contribution in [2.45, 2.75) is 53.1 Å². The van der Waals surface area contributed by atoms with E-state index in [1.807, 2.05) is 31.2 Å². The van der Waals surface area contributed by atoms with Crippen molar-refractivity contribution in [3.63, 3.8) is 0 Å². The van der Waals surface area contributed by atoms with E-state index in [4.69, 9.17) is 0 Å². The van der Waals surface area contributed by atoms with E-state index in [1.165, 1.54) is 6.42 Å². The molecule has 0 aliphatic carbocycles. The van der Waals surface area contributed by atoms with Gasteiger partial charge in [-0.1, -0.05) is 26.0 Å². The number of guanidine groups is 1. The van der Waals surface area contributed by atoms with Gasteiger partial charge in [-0.2, -0.15) is 0 Å². The third kappa shape index (κ3) is 8.91. The van der Waals surface area contributed by atoms with Crippen LogP contribution in [0.4, 0.5) is 0 Å². The number of hydrogen-bond donors (Lipinski definition) is 3. The average molecular weight is 376 g/mol. The highest BCUT2D eigenvalue weighted by atomic mass is 16.1. The molecule has 0 fully saturated rings. The van der Waals surface area contributed by atoms with Gasteiger partial charge >= 0.3 is 0 Å². The van der Waals surface area contributed by atoms with Gasteiger partial charge in [0, 0.05) is 31.7 Å². The Morgan fingerprint density at radius 2 is 1.93 bits per heavy atom. The van der Waals surface area contributed by atoms with Gasteiger partial charge in [0.25, 0.3) is 5.91 Å². The molecule has 152 valence electrons. The second-order valence-corrected chi connectivity index (χ2v) is 6.70. The van der Waals surface area contributed by atoms with Crippen molar-refractivity contribution < 1.29 is 4.79 Å². The van der Waals surface area contributed by atoms with Crippen LogP contribution in [0.2, 0.25) is 0 Å². The first-order chi connectivity index (χ1) is 13.0. The summed E-state index contributed by atoms with van der Waals surface area (Å²) in [6, 6.07) is 8.02. The van der Waals surface area contributed by atoms with Crippen molar-refractivity contribution in [2.75, 3.05) is 33.2 Å². The summed E-state index contributed by atoms with van der Waals surface area (Å²) in [7, 11) is 1.78. The lowest BCUT2D eigenvalue weighted by Gasteiger charge is -2.21. The van der Waals surface area contributed by atoms with Crippen LogP contribution in [0.25, 0.3) is 0 Å². The van der Waals surface area contributed by atoms with Crippen LogP contribution in [0.1, 0.15) is 56.5 Å². The minimum absolute atomic E-state index is 0.0383. The standard InChI is InChI=1S/C21H37N5O/c1-6-23-20(27)19-13-9-12-18(15-19)16-24-21(22-5)25-17(4)11-10-14-26(7-2)8-3/h9,12-13,15,17H,6-8,10-11,14,16H2,1-5H3,(H,23,27)(H2,22,24,25). The molecule has 3 N–H and O–H groups in total. The van der Waals surface area contributed by atoms with Crippen LogP contribution in [0.3, 0.4) is 0 Å². The second-order valence-electron chi connectivity index (χ2n) is 6.70. The highest BCUT2D eigenvalue weighted by molar-refractivity contribution is 5.94. The van der Waals surface area contributed by atoms with Gasteiger partial charge in [0.2, 0.25) is 0 Å². The molecule has 1 amide bonds. The molecule has 0 saturated heterocycles. The predicted molar refractivity (Wildman–Crippen MR) is 114 cm³/mol. The van der Waals surface area contributed by atoms with Crippen molar-refractivity contribution in [1.29, 1.82) is 0 Å². The van der Waals surface area contributed by atoms with Gasteiger partial charge in [0.15, 0.2) is 5.96 Å². The van der Waals surface area contributed by atoms with Crippen LogP contribution >= 0.6 is 0 Å². The lowest BCUT2D eigenvalue weighted by molar-refractivity contribution is 0.0955. The Labute approximate surface area is 164 Å². The second kappa shape index (κ2) is 13.1. The number of carbonyl (C=O) groups excluding carboxylic acids is 1. The van der Waals surface area contributed by atoms with E-state index in [2.05, 4.69) is 46.6 Å². The Kier molecular flexibility index (Phi) is 11.2. The fraction of sp³-hybridized carbons (Fsp3) is 0.619. The van der Waals surface area contributed by atoms with Gasteiger partial charge in [-0.05, 0) is 64.0 Å². The van der Waals surface area contributed by atoms with Crippen molar-refractivity contribution >= 4 is 11.9 Å². The lowest BCUT2D eigenvalue weighted by atomic mass is 10.1. The molecular weight excluding hydrogens is 338 g/mol. The Morgan fingerprint density at radius 3 is 2.56 bits per heavy atom. The van der Waals surface area contributed by atoms with Gasteiger partial charge in [-0.25, -0.2) is 0 Å². The predicted octanol–water partition coefficient (Wildman–Crippen LogP) is 2.61. The molecule has 27 heavy (non-hydrogen) atoms. The van der Waals surface area contributed by atoms with Crippen LogP contribution in [0.15, 0.2) is 29.3 Å². The molecule has 0 saturated carbocycles. The molecule has 0 spiro atoms. The molecule has 0 bridgehead atoms. The molecule has 1 unspecified atom stereocenters. The van der Waals surface area contributed by atoms with Crippen molar-refractivity contribution in [3.8, 4) is 0 Å². The third-order valence-corrected chi connectivity index (χ3v) is 4.60. The summed E-state index contributed by atoms with van der Waals surface area (Å²) in [5, 5.41) is 9.61. The van der Waals surface area contributed by atoms with E-state index in [1.54, 1.807) is 7.05 Å². The van der Waals surface area contributed by atoms with Crippen molar-refractivity contribution in [2.24, 2.45) is 4.99 Å². The number of rotatable bonds is 11. The van der Waals surface area contributed by atoms with E-state index in [9.17, 15) is 4.79 Å². The van der Waals surface area contributed by atoms with Crippen LogP contribution < -0.4 is 16.0 Å². The molecule has 0 aliphatic heterocycles. The highest BCUT2D eigenvalue weighted by Crippen LogP contribution is 2.05. The number of carbonyl (C=O) groups is 1. The summed E-state index contributed by atoms with van der Waals surface area (Å²) >= 11 is 0. The molecular formula is C21H37N5O. The molecule has 1 aromatic carbocycles. The first kappa shape index (κ1) is 23.0. The summed E-state index contributed by atoms with van der Waals surface area (Å²) in [6.07, 6.45) is 2.27. The molecule has 0 radical (unpaired) electrons. The molecule has 1 aromatic rings. The van der Waals surface area contributed by atoms with Crippen molar-refractivity contribution in [1.82, 2.24) is 20.9 Å². The Hall–Kier alpha value is -2.08. The van der Waals surface area contributed by atoms with Crippen LogP contribution in [0.5, 0.6) is 0 Å². The minimum Gasteiger partial charge on any atom is -0.354 e. The fourth-order valence-electron chi connectivity index (χ4n) is 2.93. The van der Waals surface area contributed by atoms with Gasteiger partial charge in [0.1, 0.15) is 0 Å². The maximum Gasteiger partial charge on any atom is 0.251 e. The van der Waals surface area contributed by atoms with E-state index >= 15 is 0 Å². The lowest BCUT2D eigenvalue weighted by Crippen LogP contribution is -2.42. The molecule has 1 rings (SSSR count). The summed E-state index contributed by atoms with van der Waals surface area (Å²) in [6.45, 7) is 13.1. The Balaban J connectivity index is 2.45. The molecule has 6 nitrogen and oxygen atoms in total. The maximum atomic E-state index is 12.0. The Bertz CT molecular complexity index is 584. The first-order valence-corrected chi connectivity index (χ1v) is 10.1. The van der Waals surface area contributed by atoms with Crippen molar-refractivity contribution in [3.05, 3.63) is 35.4 Å². The van der Waals surface area contributed by atoms with Crippen LogP contribution in [-0.2, 0) is 6.54 Å². The van der Waals surface area contributed by atoms with Gasteiger partial charge < -0.3 is 20.9 Å². The number of benzene rings is 1. The van der Waals surface area contributed by atoms with E-state index < -0.39 is 0 Å². The smallest absolute Gasteiger partial charge is 0.251 e.